The number of carbonyl (C=O) groups is 1. The fourth-order valence-electron chi connectivity index (χ4n) is 2.95. The van der Waals surface area contributed by atoms with Crippen LogP contribution in [0.5, 0.6) is 0 Å². The Morgan fingerprint density at radius 3 is 3.25 bits per heavy atom. The number of carbonyl (C=O) groups excluding carboxylic acids is 1. The maximum atomic E-state index is 12.1. The fourth-order valence-corrected chi connectivity index (χ4v) is 3.49. The number of rotatable bonds is 3. The van der Waals surface area contributed by atoms with Crippen molar-refractivity contribution in [1.29, 1.82) is 0 Å². The molecule has 0 bridgehead atoms. The van der Waals surface area contributed by atoms with Crippen molar-refractivity contribution in [2.24, 2.45) is 0 Å². The molecule has 0 saturated carbocycles. The van der Waals surface area contributed by atoms with Gasteiger partial charge >= 0.3 is 0 Å². The van der Waals surface area contributed by atoms with Crippen molar-refractivity contribution in [3.8, 4) is 0 Å². The monoisotopic (exact) mass is 386 g/mol. The van der Waals surface area contributed by atoms with Crippen LogP contribution in [0.15, 0.2) is 24.3 Å². The maximum Gasteiger partial charge on any atom is 0.251 e. The van der Waals surface area contributed by atoms with Gasteiger partial charge in [-0.2, -0.15) is 0 Å². The molecule has 3 rings (SSSR count). The molecule has 0 aliphatic carbocycles. The Balaban J connectivity index is 1.51. The first-order chi connectivity index (χ1) is 9.72. The second kappa shape index (κ2) is 6.41. The molecule has 1 amide bonds. The van der Waals surface area contributed by atoms with E-state index in [1.807, 2.05) is 24.3 Å². The van der Waals surface area contributed by atoms with Gasteiger partial charge in [-0.3, -0.25) is 9.69 Å². The lowest BCUT2D eigenvalue weighted by molar-refractivity contribution is -0.0461. The van der Waals surface area contributed by atoms with E-state index < -0.39 is 0 Å². The molecule has 108 valence electrons. The van der Waals surface area contributed by atoms with E-state index >= 15 is 0 Å². The number of morpholine rings is 1. The maximum absolute atomic E-state index is 12.1. The molecule has 0 unspecified atom stereocenters. The van der Waals surface area contributed by atoms with Crippen molar-refractivity contribution < 1.29 is 9.53 Å². The summed E-state index contributed by atoms with van der Waals surface area (Å²) in [5.74, 6) is -0.0179. The van der Waals surface area contributed by atoms with Gasteiger partial charge in [-0.1, -0.05) is 6.07 Å². The van der Waals surface area contributed by atoms with E-state index in [4.69, 9.17) is 4.74 Å². The number of nitrogens with zero attached hydrogens (tertiary/aromatic N) is 1. The highest BCUT2D eigenvalue weighted by molar-refractivity contribution is 14.1. The highest BCUT2D eigenvalue weighted by Crippen LogP contribution is 2.22. The molecule has 0 aromatic heterocycles. The number of ether oxygens (including phenoxy) is 1. The van der Waals surface area contributed by atoms with E-state index in [1.165, 1.54) is 19.4 Å². The first-order valence-electron chi connectivity index (χ1n) is 7.12. The normalized spacial score (nSPS) is 26.2. The lowest BCUT2D eigenvalue weighted by Crippen LogP contribution is -2.50. The van der Waals surface area contributed by atoms with Crippen molar-refractivity contribution in [2.75, 3.05) is 26.2 Å². The van der Waals surface area contributed by atoms with Gasteiger partial charge in [0.1, 0.15) is 0 Å². The van der Waals surface area contributed by atoms with Crippen LogP contribution >= 0.6 is 22.6 Å². The Hall–Kier alpha value is -0.660. The third-order valence-electron chi connectivity index (χ3n) is 4.04. The van der Waals surface area contributed by atoms with E-state index in [9.17, 15) is 4.79 Å². The summed E-state index contributed by atoms with van der Waals surface area (Å²) in [6.45, 7) is 3.52. The van der Waals surface area contributed by atoms with Gasteiger partial charge in [-0.25, -0.2) is 0 Å². The number of nitrogens with one attached hydrogen (secondary N) is 1. The third kappa shape index (κ3) is 3.32. The SMILES string of the molecule is O=C(NC[C@@H]1CN2CCC[C@@H]2CO1)c1cccc(I)c1. The van der Waals surface area contributed by atoms with Gasteiger partial charge in [0.15, 0.2) is 0 Å². The topological polar surface area (TPSA) is 41.6 Å². The Kier molecular flexibility index (Phi) is 4.58. The molecule has 2 aliphatic rings. The Bertz CT molecular complexity index is 495. The van der Waals surface area contributed by atoms with Crippen LogP contribution in [0.4, 0.5) is 0 Å². The van der Waals surface area contributed by atoms with Crippen molar-refractivity contribution in [3.05, 3.63) is 33.4 Å². The predicted molar refractivity (Wildman–Crippen MR) is 85.8 cm³/mol. The van der Waals surface area contributed by atoms with E-state index in [2.05, 4.69) is 32.8 Å². The van der Waals surface area contributed by atoms with Gasteiger partial charge in [0.05, 0.1) is 12.7 Å². The van der Waals surface area contributed by atoms with Gasteiger partial charge < -0.3 is 10.1 Å². The first-order valence-corrected chi connectivity index (χ1v) is 8.19. The summed E-state index contributed by atoms with van der Waals surface area (Å²) in [6.07, 6.45) is 2.65. The molecule has 20 heavy (non-hydrogen) atoms. The molecule has 0 spiro atoms. The van der Waals surface area contributed by atoms with E-state index in [0.29, 0.717) is 18.2 Å². The predicted octanol–water partition coefficient (Wildman–Crippen LogP) is 1.88. The minimum absolute atomic E-state index is 0.0179. The highest BCUT2D eigenvalue weighted by Gasteiger charge is 2.32. The number of fused-ring (bicyclic) bond motifs is 1. The lowest BCUT2D eigenvalue weighted by atomic mass is 10.2. The summed E-state index contributed by atoms with van der Waals surface area (Å²) in [5, 5.41) is 2.98. The Labute approximate surface area is 133 Å². The first kappa shape index (κ1) is 14.3. The fraction of sp³-hybridized carbons (Fsp3) is 0.533. The molecule has 4 nitrogen and oxygen atoms in total. The quantitative estimate of drug-likeness (QED) is 0.807. The smallest absolute Gasteiger partial charge is 0.251 e. The summed E-state index contributed by atoms with van der Waals surface area (Å²) < 4.78 is 6.92. The zero-order valence-corrected chi connectivity index (χ0v) is 13.5. The van der Waals surface area contributed by atoms with Crippen molar-refractivity contribution in [2.45, 2.75) is 25.0 Å². The number of amides is 1. The highest BCUT2D eigenvalue weighted by atomic mass is 127. The average molecular weight is 386 g/mol. The number of hydrogen-bond acceptors (Lipinski definition) is 3. The molecule has 5 heteroatoms. The number of hydrogen-bond donors (Lipinski definition) is 1. The molecule has 2 atom stereocenters. The molecular formula is C15H19IN2O2. The molecule has 2 fully saturated rings. The van der Waals surface area contributed by atoms with Crippen LogP contribution < -0.4 is 5.32 Å². The summed E-state index contributed by atoms with van der Waals surface area (Å²) in [7, 11) is 0. The van der Waals surface area contributed by atoms with Crippen molar-refractivity contribution in [1.82, 2.24) is 10.2 Å². The molecule has 2 aliphatic heterocycles. The van der Waals surface area contributed by atoms with Crippen LogP contribution in [0.3, 0.4) is 0 Å². The largest absolute Gasteiger partial charge is 0.373 e. The Morgan fingerprint density at radius 1 is 1.50 bits per heavy atom. The zero-order chi connectivity index (χ0) is 13.9. The van der Waals surface area contributed by atoms with Crippen LogP contribution in [0.2, 0.25) is 0 Å². The van der Waals surface area contributed by atoms with Gasteiger partial charge in [0.25, 0.3) is 5.91 Å². The van der Waals surface area contributed by atoms with Crippen molar-refractivity contribution in [3.63, 3.8) is 0 Å². The number of halogens is 1. The molecule has 1 aromatic rings. The molecule has 0 radical (unpaired) electrons. The van der Waals surface area contributed by atoms with Gasteiger partial charge in [-0.05, 0) is 60.2 Å². The summed E-state index contributed by atoms with van der Waals surface area (Å²) in [5.41, 5.74) is 0.715. The van der Waals surface area contributed by atoms with Crippen LogP contribution in [0, 0.1) is 3.57 Å². The second-order valence-corrected chi connectivity index (χ2v) is 6.71. The second-order valence-electron chi connectivity index (χ2n) is 5.47. The Morgan fingerprint density at radius 2 is 2.40 bits per heavy atom. The van der Waals surface area contributed by atoms with Crippen LogP contribution in [-0.4, -0.2) is 49.2 Å². The van der Waals surface area contributed by atoms with Crippen LogP contribution in [0.1, 0.15) is 23.2 Å². The van der Waals surface area contributed by atoms with E-state index in [-0.39, 0.29) is 12.0 Å². The summed E-state index contributed by atoms with van der Waals surface area (Å²) in [6, 6.07) is 8.24. The molecule has 2 saturated heterocycles. The van der Waals surface area contributed by atoms with E-state index in [1.54, 1.807) is 0 Å². The van der Waals surface area contributed by atoms with Gasteiger partial charge in [-0.15, -0.1) is 0 Å². The summed E-state index contributed by atoms with van der Waals surface area (Å²) in [4.78, 5) is 14.6. The minimum atomic E-state index is -0.0179. The zero-order valence-electron chi connectivity index (χ0n) is 11.3. The summed E-state index contributed by atoms with van der Waals surface area (Å²) >= 11 is 2.22. The number of benzene rings is 1. The van der Waals surface area contributed by atoms with Gasteiger partial charge in [0, 0.05) is 28.3 Å². The van der Waals surface area contributed by atoms with Gasteiger partial charge in [0.2, 0.25) is 0 Å². The van der Waals surface area contributed by atoms with Crippen LogP contribution in [-0.2, 0) is 4.74 Å². The molecule has 1 N–H and O–H groups in total. The molecule has 2 heterocycles. The lowest BCUT2D eigenvalue weighted by Gasteiger charge is -2.35. The van der Waals surface area contributed by atoms with Crippen LogP contribution in [0.25, 0.3) is 0 Å². The minimum Gasteiger partial charge on any atom is -0.373 e. The van der Waals surface area contributed by atoms with E-state index in [0.717, 1.165) is 16.7 Å². The molecule has 1 aromatic carbocycles. The molecular weight excluding hydrogens is 367 g/mol. The van der Waals surface area contributed by atoms with Crippen molar-refractivity contribution >= 4 is 28.5 Å². The standard InChI is InChI=1S/C15H19IN2O2/c16-12-4-1-3-11(7-12)15(19)17-8-14-9-18-6-2-5-13(18)10-20-14/h1,3-4,7,13-14H,2,5-6,8-10H2,(H,17,19)/t13-,14-/m1/s1. The average Bonchev–Trinajstić information content (AvgIpc) is 2.92. The third-order valence-corrected chi connectivity index (χ3v) is 4.71.